The molecule has 1 saturated heterocycles. The van der Waals surface area contributed by atoms with Gasteiger partial charge >= 0.3 is 0 Å². The van der Waals surface area contributed by atoms with Crippen LogP contribution in [-0.2, 0) is 4.79 Å². The lowest BCUT2D eigenvalue weighted by Gasteiger charge is -2.35. The Morgan fingerprint density at radius 2 is 1.81 bits per heavy atom. The van der Waals surface area contributed by atoms with Gasteiger partial charge < -0.3 is 10.2 Å². The van der Waals surface area contributed by atoms with Crippen LogP contribution in [0, 0.1) is 26.7 Å². The van der Waals surface area contributed by atoms with E-state index < -0.39 is 0 Å². The van der Waals surface area contributed by atoms with Crippen molar-refractivity contribution in [2.45, 2.75) is 76.9 Å². The fourth-order valence-electron chi connectivity index (χ4n) is 5.07. The van der Waals surface area contributed by atoms with Gasteiger partial charge in [0.1, 0.15) is 5.82 Å². The zero-order valence-electron chi connectivity index (χ0n) is 19.8. The Labute approximate surface area is 196 Å². The highest BCUT2D eigenvalue weighted by Gasteiger charge is 2.24. The van der Waals surface area contributed by atoms with E-state index in [1.165, 1.54) is 61.5 Å². The lowest BCUT2D eigenvalue weighted by Crippen LogP contribution is -2.46. The van der Waals surface area contributed by atoms with Gasteiger partial charge in [-0.3, -0.25) is 9.36 Å². The molecule has 4 rings (SSSR count). The second-order valence-electron chi connectivity index (χ2n) is 9.59. The van der Waals surface area contributed by atoms with E-state index in [2.05, 4.69) is 57.0 Å². The number of nitrogens with one attached hydrogen (secondary N) is 1. The first-order valence-corrected chi connectivity index (χ1v) is 13.1. The van der Waals surface area contributed by atoms with Gasteiger partial charge in [0, 0.05) is 25.7 Å². The number of carbonyl (C=O) groups excluding carboxylic acids is 1. The van der Waals surface area contributed by atoms with Crippen LogP contribution >= 0.6 is 11.8 Å². The van der Waals surface area contributed by atoms with Gasteiger partial charge in [-0.05, 0) is 69.6 Å². The van der Waals surface area contributed by atoms with Gasteiger partial charge in [-0.2, -0.15) is 0 Å². The SMILES string of the molecule is Cc1ccc(C)c(-n2c(C)nnc2SCC(=O)NC2CCN(CC3CCCCC3)CC2)c1. The summed E-state index contributed by atoms with van der Waals surface area (Å²) in [4.78, 5) is 15.3. The lowest BCUT2D eigenvalue weighted by atomic mass is 9.88. The number of aryl methyl sites for hydroxylation is 3. The molecule has 0 radical (unpaired) electrons. The molecule has 0 bridgehead atoms. The number of piperidine rings is 1. The molecule has 2 aromatic rings. The second-order valence-corrected chi connectivity index (χ2v) is 10.5. The number of aromatic nitrogens is 3. The largest absolute Gasteiger partial charge is 0.353 e. The highest BCUT2D eigenvalue weighted by Crippen LogP contribution is 2.26. The molecule has 7 heteroatoms. The molecule has 1 N–H and O–H groups in total. The number of thioether (sulfide) groups is 1. The molecule has 6 nitrogen and oxygen atoms in total. The van der Waals surface area contributed by atoms with E-state index in [0.717, 1.165) is 48.5 Å². The van der Waals surface area contributed by atoms with Crippen LogP contribution in [0.25, 0.3) is 5.69 Å². The Morgan fingerprint density at radius 3 is 2.56 bits per heavy atom. The molecule has 2 heterocycles. The number of hydrogen-bond donors (Lipinski definition) is 1. The monoisotopic (exact) mass is 455 g/mol. The first kappa shape index (κ1) is 23.3. The average Bonchev–Trinajstić information content (AvgIpc) is 3.16. The maximum atomic E-state index is 12.7. The average molecular weight is 456 g/mol. The van der Waals surface area contributed by atoms with Crippen molar-refractivity contribution in [3.8, 4) is 5.69 Å². The normalized spacial score (nSPS) is 18.7. The minimum absolute atomic E-state index is 0.0916. The molecule has 1 aliphatic heterocycles. The summed E-state index contributed by atoms with van der Waals surface area (Å²) in [5, 5.41) is 12.6. The molecule has 1 aromatic carbocycles. The minimum atomic E-state index is 0.0916. The van der Waals surface area contributed by atoms with E-state index in [1.807, 2.05) is 6.92 Å². The van der Waals surface area contributed by atoms with Gasteiger partial charge in [-0.25, -0.2) is 0 Å². The van der Waals surface area contributed by atoms with Gasteiger partial charge in [-0.1, -0.05) is 43.2 Å². The van der Waals surface area contributed by atoms with Crippen molar-refractivity contribution in [2.75, 3.05) is 25.4 Å². The Kier molecular flexibility index (Phi) is 7.89. The summed E-state index contributed by atoms with van der Waals surface area (Å²) in [5.41, 5.74) is 3.45. The summed E-state index contributed by atoms with van der Waals surface area (Å²) < 4.78 is 2.06. The summed E-state index contributed by atoms with van der Waals surface area (Å²) in [6.07, 6.45) is 9.15. The Hall–Kier alpha value is -1.86. The van der Waals surface area contributed by atoms with E-state index >= 15 is 0 Å². The first-order chi connectivity index (χ1) is 15.5. The van der Waals surface area contributed by atoms with Crippen LogP contribution in [-0.4, -0.2) is 57.0 Å². The van der Waals surface area contributed by atoms with E-state index in [1.54, 1.807) is 0 Å². The standard InChI is InChI=1S/C25H37N5OS/c1-18-9-10-19(2)23(15-18)30-20(3)27-28-25(30)32-17-24(31)26-22-11-13-29(14-12-22)16-21-7-5-4-6-8-21/h9-10,15,21-22H,4-8,11-14,16-17H2,1-3H3,(H,26,31). The molecular formula is C25H37N5OS. The number of likely N-dealkylation sites (tertiary alicyclic amines) is 1. The summed E-state index contributed by atoms with van der Waals surface area (Å²) in [6.45, 7) is 9.60. The molecule has 1 aromatic heterocycles. The van der Waals surface area contributed by atoms with Crippen molar-refractivity contribution in [3.63, 3.8) is 0 Å². The molecule has 32 heavy (non-hydrogen) atoms. The summed E-state index contributed by atoms with van der Waals surface area (Å²) >= 11 is 1.46. The number of carbonyl (C=O) groups is 1. The summed E-state index contributed by atoms with van der Waals surface area (Å²) in [5.74, 6) is 2.19. The van der Waals surface area contributed by atoms with Crippen LogP contribution < -0.4 is 5.32 Å². The van der Waals surface area contributed by atoms with Crippen LogP contribution in [0.1, 0.15) is 61.9 Å². The quantitative estimate of drug-likeness (QED) is 0.625. The third kappa shape index (κ3) is 5.93. The number of hydrogen-bond acceptors (Lipinski definition) is 5. The maximum Gasteiger partial charge on any atom is 0.230 e. The molecular weight excluding hydrogens is 418 g/mol. The van der Waals surface area contributed by atoms with E-state index in [0.29, 0.717) is 11.8 Å². The molecule has 0 spiro atoms. The fraction of sp³-hybridized carbons (Fsp3) is 0.640. The topological polar surface area (TPSA) is 63.1 Å². The minimum Gasteiger partial charge on any atom is -0.353 e. The smallest absolute Gasteiger partial charge is 0.230 e. The zero-order chi connectivity index (χ0) is 22.5. The molecule has 0 atom stereocenters. The first-order valence-electron chi connectivity index (χ1n) is 12.1. The van der Waals surface area contributed by atoms with Crippen molar-refractivity contribution in [1.29, 1.82) is 0 Å². The Morgan fingerprint density at radius 1 is 1.06 bits per heavy atom. The van der Waals surface area contributed by atoms with Crippen LogP contribution in [0.15, 0.2) is 23.4 Å². The van der Waals surface area contributed by atoms with Crippen LogP contribution in [0.3, 0.4) is 0 Å². The van der Waals surface area contributed by atoms with Gasteiger partial charge in [0.05, 0.1) is 11.4 Å². The van der Waals surface area contributed by atoms with Crippen molar-refractivity contribution in [3.05, 3.63) is 35.2 Å². The predicted molar refractivity (Wildman–Crippen MR) is 130 cm³/mol. The Bertz CT molecular complexity index is 913. The number of amides is 1. The Balaban J connectivity index is 1.26. The highest BCUT2D eigenvalue weighted by atomic mass is 32.2. The fourth-order valence-corrected chi connectivity index (χ4v) is 5.87. The maximum absolute atomic E-state index is 12.7. The summed E-state index contributed by atoms with van der Waals surface area (Å²) in [6, 6.07) is 6.67. The van der Waals surface area contributed by atoms with Gasteiger partial charge in [0.25, 0.3) is 0 Å². The third-order valence-corrected chi connectivity index (χ3v) is 7.86. The molecule has 1 saturated carbocycles. The van der Waals surface area contributed by atoms with Gasteiger partial charge in [-0.15, -0.1) is 10.2 Å². The second kappa shape index (κ2) is 10.8. The van der Waals surface area contributed by atoms with Crippen molar-refractivity contribution >= 4 is 17.7 Å². The third-order valence-electron chi connectivity index (χ3n) is 6.93. The van der Waals surface area contributed by atoms with Gasteiger partial charge in [0.15, 0.2) is 5.16 Å². The molecule has 1 aliphatic carbocycles. The van der Waals surface area contributed by atoms with E-state index in [4.69, 9.17) is 0 Å². The van der Waals surface area contributed by atoms with E-state index in [-0.39, 0.29) is 5.91 Å². The number of nitrogens with zero attached hydrogens (tertiary/aromatic N) is 4. The number of benzene rings is 1. The molecule has 2 fully saturated rings. The predicted octanol–water partition coefficient (Wildman–Crippen LogP) is 4.45. The highest BCUT2D eigenvalue weighted by molar-refractivity contribution is 7.99. The lowest BCUT2D eigenvalue weighted by molar-refractivity contribution is -0.119. The van der Waals surface area contributed by atoms with Gasteiger partial charge in [0.2, 0.25) is 5.91 Å². The van der Waals surface area contributed by atoms with Crippen LogP contribution in [0.4, 0.5) is 0 Å². The number of rotatable bonds is 7. The molecule has 1 amide bonds. The van der Waals surface area contributed by atoms with Crippen molar-refractivity contribution in [2.24, 2.45) is 5.92 Å². The summed E-state index contributed by atoms with van der Waals surface area (Å²) in [7, 11) is 0. The molecule has 0 unspecified atom stereocenters. The zero-order valence-corrected chi connectivity index (χ0v) is 20.6. The van der Waals surface area contributed by atoms with Crippen LogP contribution in [0.2, 0.25) is 0 Å². The molecule has 174 valence electrons. The van der Waals surface area contributed by atoms with E-state index in [9.17, 15) is 4.79 Å². The molecule has 2 aliphatic rings. The van der Waals surface area contributed by atoms with Crippen molar-refractivity contribution < 1.29 is 4.79 Å². The van der Waals surface area contributed by atoms with Crippen LogP contribution in [0.5, 0.6) is 0 Å². The van der Waals surface area contributed by atoms with Crippen molar-refractivity contribution in [1.82, 2.24) is 25.0 Å².